The Morgan fingerprint density at radius 2 is 1.82 bits per heavy atom. The lowest BCUT2D eigenvalue weighted by Gasteiger charge is -2.21. The van der Waals surface area contributed by atoms with Gasteiger partial charge in [0, 0.05) is 18.3 Å². The van der Waals surface area contributed by atoms with Gasteiger partial charge in [0.2, 0.25) is 0 Å². The molecule has 1 aromatic heterocycles. The molecule has 2 rings (SSSR count). The molecule has 0 saturated carbocycles. The van der Waals surface area contributed by atoms with Crippen molar-refractivity contribution in [3.63, 3.8) is 0 Å². The second-order valence-corrected chi connectivity index (χ2v) is 4.57. The lowest BCUT2D eigenvalue weighted by atomic mass is 10.2. The monoisotopic (exact) mass is 298 g/mol. The Bertz CT molecular complexity index is 614. The fraction of sp³-hybridized carbons (Fsp3) is 0.235. The third-order valence-electron chi connectivity index (χ3n) is 3.04. The van der Waals surface area contributed by atoms with Crippen LogP contribution < -0.4 is 4.90 Å². The lowest BCUT2D eigenvalue weighted by molar-refractivity contribution is -0.142. The minimum atomic E-state index is -0.329. The molecule has 0 bridgehead atoms. The lowest BCUT2D eigenvalue weighted by Crippen LogP contribution is -2.34. The molecule has 0 N–H and O–H groups in total. The molecule has 0 radical (unpaired) electrons. The number of carbonyl (C=O) groups is 2. The number of carbonyl (C=O) groups excluding carboxylic acids is 2. The molecule has 5 nitrogen and oxygen atoms in total. The number of hydrogen-bond acceptors (Lipinski definition) is 4. The quantitative estimate of drug-likeness (QED) is 0.769. The van der Waals surface area contributed by atoms with Gasteiger partial charge in [-0.3, -0.25) is 14.5 Å². The van der Waals surface area contributed by atoms with Crippen LogP contribution in [0.25, 0.3) is 0 Å². The van der Waals surface area contributed by atoms with Crippen LogP contribution in [0.5, 0.6) is 0 Å². The van der Waals surface area contributed by atoms with Gasteiger partial charge in [0.25, 0.3) is 5.91 Å². The summed E-state index contributed by atoms with van der Waals surface area (Å²) in [5.41, 5.74) is 0.553. The molecule has 0 atom stereocenters. The molecular formula is C17H18N2O3. The molecule has 5 heteroatoms. The Morgan fingerprint density at radius 3 is 2.45 bits per heavy atom. The summed E-state index contributed by atoms with van der Waals surface area (Å²) in [5, 5.41) is 0. The van der Waals surface area contributed by atoms with Crippen LogP contribution in [-0.4, -0.2) is 30.0 Å². The molecule has 2 aromatic rings. The molecule has 1 amide bonds. The molecule has 0 saturated heterocycles. The fourth-order valence-electron chi connectivity index (χ4n) is 2.01. The van der Waals surface area contributed by atoms with Crippen molar-refractivity contribution >= 4 is 17.7 Å². The van der Waals surface area contributed by atoms with E-state index in [1.165, 1.54) is 4.90 Å². The number of hydrogen-bond donors (Lipinski definition) is 0. The van der Waals surface area contributed by atoms with Crippen molar-refractivity contribution < 1.29 is 14.3 Å². The number of anilines is 1. The molecule has 0 fully saturated rings. The van der Waals surface area contributed by atoms with E-state index in [1.807, 2.05) is 6.07 Å². The SMILES string of the molecule is CCOC(=O)CCN(C(=O)c1ccccc1)c1ccccn1. The van der Waals surface area contributed by atoms with E-state index in [-0.39, 0.29) is 24.8 Å². The summed E-state index contributed by atoms with van der Waals surface area (Å²) in [6.45, 7) is 2.31. The van der Waals surface area contributed by atoms with E-state index in [9.17, 15) is 9.59 Å². The van der Waals surface area contributed by atoms with Gasteiger partial charge in [0.1, 0.15) is 5.82 Å². The Kier molecular flexibility index (Phi) is 5.65. The third kappa shape index (κ3) is 4.15. The van der Waals surface area contributed by atoms with Gasteiger partial charge in [0.05, 0.1) is 13.0 Å². The highest BCUT2D eigenvalue weighted by Crippen LogP contribution is 2.14. The number of amides is 1. The highest BCUT2D eigenvalue weighted by atomic mass is 16.5. The van der Waals surface area contributed by atoms with Gasteiger partial charge in [-0.1, -0.05) is 24.3 Å². The van der Waals surface area contributed by atoms with Gasteiger partial charge in [-0.15, -0.1) is 0 Å². The van der Waals surface area contributed by atoms with Crippen LogP contribution in [0, 0.1) is 0 Å². The van der Waals surface area contributed by atoms with Crippen molar-refractivity contribution in [1.82, 2.24) is 4.98 Å². The zero-order valence-corrected chi connectivity index (χ0v) is 12.4. The number of ether oxygens (including phenoxy) is 1. The van der Waals surface area contributed by atoms with E-state index >= 15 is 0 Å². The molecule has 1 heterocycles. The first-order valence-corrected chi connectivity index (χ1v) is 7.16. The topological polar surface area (TPSA) is 59.5 Å². The summed E-state index contributed by atoms with van der Waals surface area (Å²) in [7, 11) is 0. The molecule has 0 aliphatic heterocycles. The second-order valence-electron chi connectivity index (χ2n) is 4.57. The second kappa shape index (κ2) is 7.93. The normalized spacial score (nSPS) is 10.0. The molecule has 0 aliphatic carbocycles. The Balaban J connectivity index is 2.19. The zero-order chi connectivity index (χ0) is 15.8. The van der Waals surface area contributed by atoms with E-state index in [0.29, 0.717) is 18.0 Å². The van der Waals surface area contributed by atoms with Crippen LogP contribution >= 0.6 is 0 Å². The summed E-state index contributed by atoms with van der Waals surface area (Å²) in [6, 6.07) is 14.3. The summed E-state index contributed by atoms with van der Waals surface area (Å²) < 4.78 is 4.92. The highest BCUT2D eigenvalue weighted by Gasteiger charge is 2.19. The number of pyridine rings is 1. The minimum Gasteiger partial charge on any atom is -0.466 e. The third-order valence-corrected chi connectivity index (χ3v) is 3.04. The van der Waals surface area contributed by atoms with Crippen LogP contribution in [0.15, 0.2) is 54.7 Å². The Morgan fingerprint density at radius 1 is 1.09 bits per heavy atom. The van der Waals surface area contributed by atoms with Crippen molar-refractivity contribution in [3.8, 4) is 0 Å². The Labute approximate surface area is 129 Å². The predicted octanol–water partition coefficient (Wildman–Crippen LogP) is 2.68. The maximum atomic E-state index is 12.6. The molecule has 114 valence electrons. The summed E-state index contributed by atoms with van der Waals surface area (Å²) in [4.78, 5) is 29.9. The molecule has 22 heavy (non-hydrogen) atoms. The van der Waals surface area contributed by atoms with Crippen LogP contribution in [0.2, 0.25) is 0 Å². The number of nitrogens with zero attached hydrogens (tertiary/aromatic N) is 2. The first-order chi connectivity index (χ1) is 10.7. The minimum absolute atomic E-state index is 0.128. The molecule has 0 unspecified atom stereocenters. The largest absolute Gasteiger partial charge is 0.466 e. The molecule has 0 spiro atoms. The van der Waals surface area contributed by atoms with Crippen molar-refractivity contribution in [2.45, 2.75) is 13.3 Å². The van der Waals surface area contributed by atoms with Crippen LogP contribution in [0.1, 0.15) is 23.7 Å². The van der Waals surface area contributed by atoms with Crippen molar-refractivity contribution in [2.24, 2.45) is 0 Å². The fourth-order valence-corrected chi connectivity index (χ4v) is 2.01. The summed E-state index contributed by atoms with van der Waals surface area (Å²) >= 11 is 0. The van der Waals surface area contributed by atoms with Gasteiger partial charge in [-0.2, -0.15) is 0 Å². The first kappa shape index (κ1) is 15.7. The number of aromatic nitrogens is 1. The molecule has 0 aliphatic rings. The maximum absolute atomic E-state index is 12.6. The average Bonchev–Trinajstić information content (AvgIpc) is 2.57. The highest BCUT2D eigenvalue weighted by molar-refractivity contribution is 6.05. The van der Waals surface area contributed by atoms with Crippen molar-refractivity contribution in [3.05, 3.63) is 60.3 Å². The Hall–Kier alpha value is -2.69. The maximum Gasteiger partial charge on any atom is 0.307 e. The van der Waals surface area contributed by atoms with Crippen LogP contribution in [0.3, 0.4) is 0 Å². The number of esters is 1. The smallest absolute Gasteiger partial charge is 0.307 e. The number of benzene rings is 1. The van der Waals surface area contributed by atoms with E-state index in [0.717, 1.165) is 0 Å². The van der Waals surface area contributed by atoms with Crippen molar-refractivity contribution in [1.29, 1.82) is 0 Å². The molecule has 1 aromatic carbocycles. The van der Waals surface area contributed by atoms with E-state index in [2.05, 4.69) is 4.98 Å². The van der Waals surface area contributed by atoms with Crippen LogP contribution in [0.4, 0.5) is 5.82 Å². The molecular weight excluding hydrogens is 280 g/mol. The van der Waals surface area contributed by atoms with Crippen molar-refractivity contribution in [2.75, 3.05) is 18.1 Å². The summed E-state index contributed by atoms with van der Waals surface area (Å²) in [5.74, 6) is -0.00598. The van der Waals surface area contributed by atoms with Gasteiger partial charge in [-0.05, 0) is 31.2 Å². The first-order valence-electron chi connectivity index (χ1n) is 7.16. The van der Waals surface area contributed by atoms with Gasteiger partial charge >= 0.3 is 5.97 Å². The van der Waals surface area contributed by atoms with Gasteiger partial charge in [0.15, 0.2) is 0 Å². The standard InChI is InChI=1S/C17H18N2O3/c1-2-22-16(20)11-13-19(15-10-6-7-12-18-15)17(21)14-8-4-3-5-9-14/h3-10,12H,2,11,13H2,1H3. The number of rotatable bonds is 6. The predicted molar refractivity (Wildman–Crippen MR) is 83.6 cm³/mol. The van der Waals surface area contributed by atoms with E-state index in [4.69, 9.17) is 4.74 Å². The average molecular weight is 298 g/mol. The van der Waals surface area contributed by atoms with E-state index < -0.39 is 0 Å². The van der Waals surface area contributed by atoms with Gasteiger partial charge < -0.3 is 4.74 Å². The summed E-state index contributed by atoms with van der Waals surface area (Å²) in [6.07, 6.45) is 1.74. The van der Waals surface area contributed by atoms with Gasteiger partial charge in [-0.25, -0.2) is 4.98 Å². The van der Waals surface area contributed by atoms with E-state index in [1.54, 1.807) is 55.6 Å². The zero-order valence-electron chi connectivity index (χ0n) is 12.4. The van der Waals surface area contributed by atoms with Crippen LogP contribution in [-0.2, 0) is 9.53 Å².